The van der Waals surface area contributed by atoms with Crippen LogP contribution in [0.25, 0.3) is 0 Å². The molecule has 0 aromatic heterocycles. The van der Waals surface area contributed by atoms with Crippen molar-refractivity contribution in [3.8, 4) is 0 Å². The molecule has 6 heteroatoms. The maximum atomic E-state index is 10.1. The summed E-state index contributed by atoms with van der Waals surface area (Å²) >= 11 is 0. The van der Waals surface area contributed by atoms with Crippen LogP contribution in [0.4, 0.5) is 0 Å². The van der Waals surface area contributed by atoms with Crippen molar-refractivity contribution in [3.63, 3.8) is 0 Å². The average Bonchev–Trinajstić information content (AvgIpc) is 2.41. The topological polar surface area (TPSA) is 112 Å². The summed E-state index contributed by atoms with van der Waals surface area (Å²) in [6.45, 7) is 0. The fraction of sp³-hybridized carbons (Fsp3) is 0. The molecule has 5 nitrogen and oxygen atoms in total. The number of carbonyl (C=O) groups is 2. The van der Waals surface area contributed by atoms with Gasteiger partial charge in [0.25, 0.3) is 0 Å². The third kappa shape index (κ3) is 7.91. The van der Waals surface area contributed by atoms with Crippen LogP contribution in [0.1, 0.15) is 20.7 Å². The summed E-state index contributed by atoms with van der Waals surface area (Å²) in [5.41, 5.74) is 0.440. The molecule has 2 rings (SSSR count). The van der Waals surface area contributed by atoms with Crippen LogP contribution in [-0.4, -0.2) is 55.2 Å². The third-order valence-corrected chi connectivity index (χ3v) is 2.02. The Hall–Kier alpha value is -1.40. The Labute approximate surface area is 146 Å². The van der Waals surface area contributed by atoms with Gasteiger partial charge in [-0.05, 0) is 11.1 Å². The van der Waals surface area contributed by atoms with Crippen molar-refractivity contribution in [2.75, 3.05) is 0 Å². The van der Waals surface area contributed by atoms with Crippen LogP contribution in [-0.2, 0) is 0 Å². The van der Waals surface area contributed by atoms with Crippen molar-refractivity contribution < 1.29 is 25.3 Å². The van der Waals surface area contributed by atoms with E-state index in [0.29, 0.717) is 0 Å². The molecule has 2 aromatic rings. The van der Waals surface area contributed by atoms with E-state index < -0.39 is 11.9 Å². The van der Waals surface area contributed by atoms with Crippen molar-refractivity contribution in [3.05, 3.63) is 71.8 Å². The van der Waals surface area contributed by atoms with Crippen molar-refractivity contribution in [1.82, 2.24) is 0 Å². The Morgan fingerprint density at radius 3 is 1.05 bits per heavy atom. The first-order valence-electron chi connectivity index (χ1n) is 5.14. The molecule has 0 radical (unpaired) electrons. The van der Waals surface area contributed by atoms with Gasteiger partial charge in [0.2, 0.25) is 0 Å². The summed E-state index contributed by atoms with van der Waals surface area (Å²) in [7, 11) is 0. The van der Waals surface area contributed by atoms with Crippen LogP contribution in [0.3, 0.4) is 0 Å². The molecule has 0 saturated heterocycles. The van der Waals surface area contributed by atoms with Gasteiger partial charge < -0.3 is 25.3 Å². The second-order valence-electron chi connectivity index (χ2n) is 3.31. The van der Waals surface area contributed by atoms with Crippen LogP contribution >= 0.6 is 0 Å². The van der Waals surface area contributed by atoms with E-state index in [1.54, 1.807) is 36.4 Å². The Morgan fingerprint density at radius 2 is 0.900 bits per heavy atom. The molecule has 2 N–H and O–H groups in total. The van der Waals surface area contributed by atoms with Crippen LogP contribution in [0.5, 0.6) is 0 Å². The molecule has 0 unspecified atom stereocenters. The summed E-state index contributed by atoms with van der Waals surface area (Å²) in [6.07, 6.45) is 0. The van der Waals surface area contributed by atoms with E-state index in [1.165, 1.54) is 24.3 Å². The molecule has 100 valence electrons. The first kappa shape index (κ1) is 20.9. The monoisotopic (exact) mass is 300 g/mol. The number of carboxylic acid groups (broad SMARTS) is 2. The van der Waals surface area contributed by atoms with E-state index in [4.69, 9.17) is 0 Å². The summed E-state index contributed by atoms with van der Waals surface area (Å²) in [5, 5.41) is 20.2. The number of hydrogen-bond acceptors (Lipinski definition) is 4. The van der Waals surface area contributed by atoms with Gasteiger partial charge in [0.05, 0.1) is 11.9 Å². The number of benzene rings is 2. The van der Waals surface area contributed by atoms with Gasteiger partial charge in [0.15, 0.2) is 0 Å². The molecule has 0 saturated carbocycles. The van der Waals surface area contributed by atoms with Gasteiger partial charge in [0, 0.05) is 0 Å². The van der Waals surface area contributed by atoms with Gasteiger partial charge >= 0.3 is 37.7 Å². The smallest absolute Gasteiger partial charge is 0.545 e. The van der Waals surface area contributed by atoms with Crippen molar-refractivity contribution in [1.29, 1.82) is 0 Å². The molecule has 2 aromatic carbocycles. The Bertz CT molecular complexity index is 464. The van der Waals surface area contributed by atoms with E-state index >= 15 is 0 Å². The Kier molecular flexibility index (Phi) is 11.9. The number of carboxylic acids is 2. The summed E-state index contributed by atoms with van der Waals surface area (Å²) in [4.78, 5) is 20.2. The molecule has 0 aliphatic carbocycles. The van der Waals surface area contributed by atoms with E-state index in [9.17, 15) is 19.8 Å². The zero-order chi connectivity index (χ0) is 13.4. The molecule has 0 bridgehead atoms. The molecule has 0 heterocycles. The van der Waals surface area contributed by atoms with Crippen LogP contribution in [0.2, 0.25) is 0 Å². The predicted molar refractivity (Wildman–Crippen MR) is 70.9 cm³/mol. The maximum Gasteiger partial charge on any atom is 2.00 e. The van der Waals surface area contributed by atoms with Gasteiger partial charge in [0.1, 0.15) is 0 Å². The standard InChI is InChI=1S/2C7H6O2.Ca.H2O/c2*8-7(9)6-4-2-1-3-5-6;;/h2*1-5H,(H,8,9);;1H2/q;;+2;/p-2. The van der Waals surface area contributed by atoms with E-state index in [2.05, 4.69) is 0 Å². The minimum atomic E-state index is -1.13. The molecule has 0 aliphatic rings. The van der Waals surface area contributed by atoms with Gasteiger partial charge in [-0.3, -0.25) is 0 Å². The van der Waals surface area contributed by atoms with Gasteiger partial charge in [-0.15, -0.1) is 0 Å². The predicted octanol–water partition coefficient (Wildman–Crippen LogP) is -1.11. The molecule has 0 spiro atoms. The zero-order valence-corrected chi connectivity index (χ0v) is 12.8. The third-order valence-electron chi connectivity index (χ3n) is 2.02. The second kappa shape index (κ2) is 11.4. The Balaban J connectivity index is 0. The molecule has 20 heavy (non-hydrogen) atoms. The number of hydrogen-bond donors (Lipinski definition) is 0. The molecular weight excluding hydrogens is 288 g/mol. The van der Waals surface area contributed by atoms with Crippen LogP contribution in [0, 0.1) is 0 Å². The number of aromatic carboxylic acids is 2. The minimum Gasteiger partial charge on any atom is -0.545 e. The normalized spacial score (nSPS) is 8.00. The zero-order valence-electron chi connectivity index (χ0n) is 10.6. The van der Waals surface area contributed by atoms with Crippen molar-refractivity contribution >= 4 is 49.7 Å². The SMILES string of the molecule is O.O=C([O-])c1ccccc1.O=C([O-])c1ccccc1.[Ca+2]. The van der Waals surface area contributed by atoms with Crippen LogP contribution < -0.4 is 10.2 Å². The van der Waals surface area contributed by atoms with Crippen LogP contribution in [0.15, 0.2) is 60.7 Å². The molecule has 0 fully saturated rings. The average molecular weight is 300 g/mol. The molecular formula is C14H12CaO5. The quantitative estimate of drug-likeness (QED) is 0.655. The second-order valence-corrected chi connectivity index (χ2v) is 3.31. The molecule has 0 atom stereocenters. The van der Waals surface area contributed by atoms with Gasteiger partial charge in [-0.2, -0.15) is 0 Å². The fourth-order valence-corrected chi connectivity index (χ4v) is 1.15. The fourth-order valence-electron chi connectivity index (χ4n) is 1.15. The summed E-state index contributed by atoms with van der Waals surface area (Å²) < 4.78 is 0. The maximum absolute atomic E-state index is 10.1. The first-order valence-corrected chi connectivity index (χ1v) is 5.14. The summed E-state index contributed by atoms with van der Waals surface area (Å²) in [6, 6.07) is 16.1. The molecule has 0 amide bonds. The van der Waals surface area contributed by atoms with E-state index in [-0.39, 0.29) is 54.3 Å². The minimum absolute atomic E-state index is 0. The number of carbonyl (C=O) groups excluding carboxylic acids is 2. The van der Waals surface area contributed by atoms with Crippen molar-refractivity contribution in [2.45, 2.75) is 0 Å². The summed E-state index contributed by atoms with van der Waals surface area (Å²) in [5.74, 6) is -2.26. The van der Waals surface area contributed by atoms with E-state index in [0.717, 1.165) is 0 Å². The molecule has 0 aliphatic heterocycles. The van der Waals surface area contributed by atoms with Crippen molar-refractivity contribution in [2.24, 2.45) is 0 Å². The van der Waals surface area contributed by atoms with E-state index in [1.807, 2.05) is 0 Å². The number of rotatable bonds is 2. The van der Waals surface area contributed by atoms with Gasteiger partial charge in [-0.1, -0.05) is 60.7 Å². The largest absolute Gasteiger partial charge is 2.00 e. The first-order chi connectivity index (χ1) is 8.61. The Morgan fingerprint density at radius 1 is 0.650 bits per heavy atom. The van der Waals surface area contributed by atoms with Gasteiger partial charge in [-0.25, -0.2) is 0 Å².